The predicted octanol–water partition coefficient (Wildman–Crippen LogP) is 2.75. The number of aliphatic hydroxyl groups is 1. The second-order valence-corrected chi connectivity index (χ2v) is 3.85. The van der Waals surface area contributed by atoms with Crippen LogP contribution in [0.2, 0.25) is 0 Å². The van der Waals surface area contributed by atoms with Gasteiger partial charge in [-0.3, -0.25) is 0 Å². The maximum atomic E-state index is 9.13. The monoisotopic (exact) mass is 168 g/mol. The van der Waals surface area contributed by atoms with Crippen molar-refractivity contribution in [3.63, 3.8) is 0 Å². The van der Waals surface area contributed by atoms with Crippen LogP contribution in [-0.4, -0.2) is 11.7 Å². The van der Waals surface area contributed by atoms with Gasteiger partial charge in [-0.15, -0.1) is 6.58 Å². The van der Waals surface area contributed by atoms with E-state index in [0.29, 0.717) is 12.5 Å². The molecule has 0 aromatic heterocycles. The summed E-state index contributed by atoms with van der Waals surface area (Å²) >= 11 is 0. The van der Waals surface area contributed by atoms with Gasteiger partial charge < -0.3 is 5.11 Å². The lowest BCUT2D eigenvalue weighted by Crippen LogP contribution is -2.22. The molecule has 12 heavy (non-hydrogen) atoms. The van der Waals surface area contributed by atoms with Crippen LogP contribution in [0.4, 0.5) is 0 Å². The number of rotatable bonds is 4. The summed E-state index contributed by atoms with van der Waals surface area (Å²) in [6.07, 6.45) is 9.56. The van der Waals surface area contributed by atoms with Crippen molar-refractivity contribution in [3.8, 4) is 0 Å². The standard InChI is InChI=1S/C11H20O/c1-2-3-6-10-7-4-5-8-11(10)9-12/h2,10-12H,1,3-9H2. The van der Waals surface area contributed by atoms with Gasteiger partial charge in [0.2, 0.25) is 0 Å². The molecule has 0 heterocycles. The van der Waals surface area contributed by atoms with Crippen LogP contribution >= 0.6 is 0 Å². The zero-order valence-corrected chi connectivity index (χ0v) is 7.84. The van der Waals surface area contributed by atoms with Crippen molar-refractivity contribution in [2.45, 2.75) is 38.5 Å². The minimum Gasteiger partial charge on any atom is -0.396 e. The lowest BCUT2D eigenvalue weighted by atomic mass is 9.77. The van der Waals surface area contributed by atoms with Crippen LogP contribution in [0.25, 0.3) is 0 Å². The molecule has 1 aliphatic rings. The van der Waals surface area contributed by atoms with E-state index in [1.807, 2.05) is 6.08 Å². The van der Waals surface area contributed by atoms with Crippen molar-refractivity contribution in [2.24, 2.45) is 11.8 Å². The maximum Gasteiger partial charge on any atom is 0.0461 e. The molecule has 0 spiro atoms. The molecular weight excluding hydrogens is 148 g/mol. The van der Waals surface area contributed by atoms with Crippen molar-refractivity contribution in [1.82, 2.24) is 0 Å². The molecule has 1 aliphatic carbocycles. The van der Waals surface area contributed by atoms with Crippen LogP contribution in [0.15, 0.2) is 12.7 Å². The Balaban J connectivity index is 2.30. The number of hydrogen-bond donors (Lipinski definition) is 1. The predicted molar refractivity (Wildman–Crippen MR) is 52.0 cm³/mol. The summed E-state index contributed by atoms with van der Waals surface area (Å²) in [6, 6.07) is 0. The van der Waals surface area contributed by atoms with Crippen molar-refractivity contribution >= 4 is 0 Å². The highest BCUT2D eigenvalue weighted by Crippen LogP contribution is 2.32. The van der Waals surface area contributed by atoms with Gasteiger partial charge >= 0.3 is 0 Å². The van der Waals surface area contributed by atoms with E-state index in [-0.39, 0.29) is 0 Å². The van der Waals surface area contributed by atoms with Crippen molar-refractivity contribution in [3.05, 3.63) is 12.7 Å². The average Bonchev–Trinajstić information content (AvgIpc) is 2.15. The molecule has 2 atom stereocenters. The highest BCUT2D eigenvalue weighted by molar-refractivity contribution is 4.78. The molecule has 0 aliphatic heterocycles. The molecule has 0 bridgehead atoms. The molecule has 1 nitrogen and oxygen atoms in total. The zero-order valence-electron chi connectivity index (χ0n) is 7.84. The van der Waals surface area contributed by atoms with Gasteiger partial charge in [0.15, 0.2) is 0 Å². The summed E-state index contributed by atoms with van der Waals surface area (Å²) in [5, 5.41) is 9.13. The van der Waals surface area contributed by atoms with Gasteiger partial charge in [-0.1, -0.05) is 25.3 Å². The fourth-order valence-corrected chi connectivity index (χ4v) is 2.24. The van der Waals surface area contributed by atoms with Gasteiger partial charge in [0, 0.05) is 6.61 Å². The lowest BCUT2D eigenvalue weighted by molar-refractivity contribution is 0.129. The molecule has 1 heteroatoms. The summed E-state index contributed by atoms with van der Waals surface area (Å²) in [6.45, 7) is 4.12. The minimum atomic E-state index is 0.391. The van der Waals surface area contributed by atoms with E-state index >= 15 is 0 Å². The smallest absolute Gasteiger partial charge is 0.0461 e. The van der Waals surface area contributed by atoms with Crippen LogP contribution in [0.1, 0.15) is 38.5 Å². The highest BCUT2D eigenvalue weighted by atomic mass is 16.3. The summed E-state index contributed by atoms with van der Waals surface area (Å²) in [5.74, 6) is 1.35. The molecule has 2 unspecified atom stereocenters. The molecule has 0 aromatic rings. The fraction of sp³-hybridized carbons (Fsp3) is 0.818. The quantitative estimate of drug-likeness (QED) is 0.640. The third-order valence-corrected chi connectivity index (χ3v) is 3.04. The molecule has 70 valence electrons. The van der Waals surface area contributed by atoms with Gasteiger partial charge in [0.1, 0.15) is 0 Å². The maximum absolute atomic E-state index is 9.13. The van der Waals surface area contributed by atoms with E-state index in [0.717, 1.165) is 12.3 Å². The lowest BCUT2D eigenvalue weighted by Gasteiger charge is -2.29. The fourth-order valence-electron chi connectivity index (χ4n) is 2.24. The van der Waals surface area contributed by atoms with Crippen LogP contribution in [0, 0.1) is 11.8 Å². The number of aliphatic hydroxyl groups excluding tert-OH is 1. The Kier molecular flexibility index (Phi) is 4.37. The van der Waals surface area contributed by atoms with E-state index in [1.54, 1.807) is 0 Å². The Labute approximate surface area is 75.5 Å². The Bertz CT molecular complexity index is 131. The van der Waals surface area contributed by atoms with E-state index in [9.17, 15) is 0 Å². The topological polar surface area (TPSA) is 20.2 Å². The molecule has 1 saturated carbocycles. The van der Waals surface area contributed by atoms with Crippen LogP contribution in [0.5, 0.6) is 0 Å². The van der Waals surface area contributed by atoms with Gasteiger partial charge in [-0.05, 0) is 31.1 Å². The first-order chi connectivity index (χ1) is 5.88. The summed E-state index contributed by atoms with van der Waals surface area (Å²) in [7, 11) is 0. The molecular formula is C11H20O. The SMILES string of the molecule is C=CCCC1CCCCC1CO. The van der Waals surface area contributed by atoms with Crippen LogP contribution in [0.3, 0.4) is 0 Å². The molecule has 1 fully saturated rings. The van der Waals surface area contributed by atoms with Crippen molar-refractivity contribution < 1.29 is 5.11 Å². The van der Waals surface area contributed by atoms with Crippen LogP contribution in [-0.2, 0) is 0 Å². The first-order valence-electron chi connectivity index (χ1n) is 5.10. The molecule has 1 rings (SSSR count). The first kappa shape index (κ1) is 9.79. The zero-order chi connectivity index (χ0) is 8.81. The van der Waals surface area contributed by atoms with Gasteiger partial charge in [-0.25, -0.2) is 0 Å². The summed E-state index contributed by atoms with van der Waals surface area (Å²) in [4.78, 5) is 0. The molecule has 1 N–H and O–H groups in total. The third-order valence-electron chi connectivity index (χ3n) is 3.04. The summed E-state index contributed by atoms with van der Waals surface area (Å²) < 4.78 is 0. The molecule has 0 aromatic carbocycles. The van der Waals surface area contributed by atoms with Gasteiger partial charge in [0.05, 0.1) is 0 Å². The Morgan fingerprint density at radius 2 is 1.92 bits per heavy atom. The molecule has 0 amide bonds. The van der Waals surface area contributed by atoms with Crippen LogP contribution < -0.4 is 0 Å². The number of hydrogen-bond acceptors (Lipinski definition) is 1. The highest BCUT2D eigenvalue weighted by Gasteiger charge is 2.23. The summed E-state index contributed by atoms with van der Waals surface area (Å²) in [5.41, 5.74) is 0. The Hall–Kier alpha value is -0.300. The van der Waals surface area contributed by atoms with Crippen molar-refractivity contribution in [1.29, 1.82) is 0 Å². The average molecular weight is 168 g/mol. The molecule has 0 radical (unpaired) electrons. The van der Waals surface area contributed by atoms with Crippen molar-refractivity contribution in [2.75, 3.05) is 6.61 Å². The number of allylic oxidation sites excluding steroid dienone is 1. The van der Waals surface area contributed by atoms with Gasteiger partial charge in [-0.2, -0.15) is 0 Å². The van der Waals surface area contributed by atoms with E-state index in [2.05, 4.69) is 6.58 Å². The largest absolute Gasteiger partial charge is 0.396 e. The first-order valence-corrected chi connectivity index (χ1v) is 5.10. The normalized spacial score (nSPS) is 30.1. The molecule has 0 saturated heterocycles. The minimum absolute atomic E-state index is 0.391. The van der Waals surface area contributed by atoms with E-state index in [1.165, 1.54) is 32.1 Å². The third kappa shape index (κ3) is 2.63. The Morgan fingerprint density at radius 1 is 1.25 bits per heavy atom. The van der Waals surface area contributed by atoms with E-state index < -0.39 is 0 Å². The second kappa shape index (κ2) is 5.36. The Morgan fingerprint density at radius 3 is 2.50 bits per heavy atom. The van der Waals surface area contributed by atoms with Gasteiger partial charge in [0.25, 0.3) is 0 Å². The van der Waals surface area contributed by atoms with E-state index in [4.69, 9.17) is 5.11 Å². The second-order valence-electron chi connectivity index (χ2n) is 3.85.